The number of nitrogens with two attached hydrogens (primary N) is 1. The molecule has 6 heteroatoms. The van der Waals surface area contributed by atoms with Crippen molar-refractivity contribution in [1.29, 1.82) is 0 Å². The zero-order valence-electron chi connectivity index (χ0n) is 6.34. The molecule has 0 radical (unpaired) electrons. The van der Waals surface area contributed by atoms with Gasteiger partial charge < -0.3 is 10.8 Å². The van der Waals surface area contributed by atoms with Gasteiger partial charge in [0.1, 0.15) is 5.54 Å². The number of thiocarbonyl (C=S) groups is 1. The Morgan fingerprint density at radius 2 is 2.09 bits per heavy atom. The van der Waals surface area contributed by atoms with Gasteiger partial charge in [-0.15, -0.1) is 0 Å². The van der Waals surface area contributed by atoms with Crippen molar-refractivity contribution < 1.29 is 9.90 Å². The molecule has 0 fully saturated rings. The molecule has 0 rings (SSSR count). The molecular weight excluding hydrogens is 166 g/mol. The molecule has 0 aromatic heterocycles. The van der Waals surface area contributed by atoms with Gasteiger partial charge in [0, 0.05) is 0 Å². The molecule has 0 unspecified atom stereocenters. The number of carboxylic acid groups (broad SMARTS) is 1. The highest BCUT2D eigenvalue weighted by molar-refractivity contribution is 7.80. The van der Waals surface area contributed by atoms with E-state index < -0.39 is 11.5 Å². The molecule has 0 aromatic rings. The van der Waals surface area contributed by atoms with Crippen LogP contribution in [0.3, 0.4) is 0 Å². The van der Waals surface area contributed by atoms with E-state index in [0.29, 0.717) is 0 Å². The van der Waals surface area contributed by atoms with Crippen molar-refractivity contribution in [1.82, 2.24) is 10.9 Å². The molecular formula is C5H11N3O2S. The fourth-order valence-electron chi connectivity index (χ4n) is 0.271. The topological polar surface area (TPSA) is 87.4 Å². The van der Waals surface area contributed by atoms with E-state index in [1.165, 1.54) is 13.8 Å². The number of carbonyl (C=O) groups is 1. The van der Waals surface area contributed by atoms with Crippen LogP contribution >= 0.6 is 12.2 Å². The second-order valence-corrected chi connectivity index (χ2v) is 2.98. The molecule has 0 spiro atoms. The number of hydrogen-bond donors (Lipinski definition) is 4. The lowest BCUT2D eigenvalue weighted by molar-refractivity contribution is -0.143. The first-order chi connectivity index (χ1) is 4.86. The molecule has 0 bridgehead atoms. The van der Waals surface area contributed by atoms with Crippen LogP contribution in [0.25, 0.3) is 0 Å². The maximum Gasteiger partial charge on any atom is 0.325 e. The van der Waals surface area contributed by atoms with E-state index in [1.807, 2.05) is 0 Å². The summed E-state index contributed by atoms with van der Waals surface area (Å²) in [6.07, 6.45) is 0. The summed E-state index contributed by atoms with van der Waals surface area (Å²) < 4.78 is 0. The van der Waals surface area contributed by atoms with Gasteiger partial charge in [0.25, 0.3) is 0 Å². The van der Waals surface area contributed by atoms with Crippen LogP contribution in [-0.4, -0.2) is 21.7 Å². The summed E-state index contributed by atoms with van der Waals surface area (Å²) in [6, 6.07) is 0. The SMILES string of the molecule is CC(C)(NNC(N)=S)C(=O)O. The van der Waals surface area contributed by atoms with E-state index in [2.05, 4.69) is 23.1 Å². The summed E-state index contributed by atoms with van der Waals surface area (Å²) in [6.45, 7) is 2.97. The molecule has 5 N–H and O–H groups in total. The lowest BCUT2D eigenvalue weighted by atomic mass is 10.1. The van der Waals surface area contributed by atoms with E-state index in [-0.39, 0.29) is 5.11 Å². The van der Waals surface area contributed by atoms with Gasteiger partial charge in [-0.05, 0) is 26.1 Å². The molecule has 0 aliphatic carbocycles. The van der Waals surface area contributed by atoms with Crippen LogP contribution in [0.1, 0.15) is 13.8 Å². The van der Waals surface area contributed by atoms with Crippen molar-refractivity contribution >= 4 is 23.3 Å². The highest BCUT2D eigenvalue weighted by atomic mass is 32.1. The quantitative estimate of drug-likeness (QED) is 0.333. The van der Waals surface area contributed by atoms with Crippen LogP contribution in [-0.2, 0) is 4.79 Å². The van der Waals surface area contributed by atoms with Crippen molar-refractivity contribution in [3.8, 4) is 0 Å². The number of aliphatic carboxylic acids is 1. The maximum atomic E-state index is 10.4. The average Bonchev–Trinajstić information content (AvgIpc) is 1.84. The Hall–Kier alpha value is -0.880. The highest BCUT2D eigenvalue weighted by Crippen LogP contribution is 1.98. The van der Waals surface area contributed by atoms with E-state index in [4.69, 9.17) is 10.8 Å². The third-order valence-electron chi connectivity index (χ3n) is 1.03. The molecule has 0 atom stereocenters. The largest absolute Gasteiger partial charge is 0.480 e. The monoisotopic (exact) mass is 177 g/mol. The Labute approximate surface area is 69.9 Å². The lowest BCUT2D eigenvalue weighted by Crippen LogP contribution is -2.56. The van der Waals surface area contributed by atoms with Crippen molar-refractivity contribution in [2.75, 3.05) is 0 Å². The predicted octanol–water partition coefficient (Wildman–Crippen LogP) is -0.813. The Kier molecular flexibility index (Phi) is 3.21. The summed E-state index contributed by atoms with van der Waals surface area (Å²) in [5.74, 6) is -0.985. The van der Waals surface area contributed by atoms with Crippen molar-refractivity contribution in [3.05, 3.63) is 0 Å². The first-order valence-electron chi connectivity index (χ1n) is 2.92. The Balaban J connectivity index is 3.92. The number of hydrogen-bond acceptors (Lipinski definition) is 3. The third-order valence-corrected chi connectivity index (χ3v) is 1.13. The van der Waals surface area contributed by atoms with Gasteiger partial charge in [-0.2, -0.15) is 0 Å². The summed E-state index contributed by atoms with van der Waals surface area (Å²) in [5.41, 5.74) is 8.77. The zero-order chi connectivity index (χ0) is 9.07. The molecule has 64 valence electrons. The molecule has 0 amide bonds. The van der Waals surface area contributed by atoms with Gasteiger partial charge in [0.05, 0.1) is 0 Å². The van der Waals surface area contributed by atoms with E-state index in [1.54, 1.807) is 0 Å². The summed E-state index contributed by atoms with van der Waals surface area (Å²) in [4.78, 5) is 10.4. The molecule has 0 heterocycles. The van der Waals surface area contributed by atoms with Crippen LogP contribution in [0.2, 0.25) is 0 Å². The molecule has 0 aliphatic heterocycles. The minimum absolute atomic E-state index is 0.0133. The Bertz CT molecular complexity index is 181. The first-order valence-corrected chi connectivity index (χ1v) is 3.33. The minimum atomic E-state index is -1.08. The number of rotatable bonds is 3. The standard InChI is InChI=1S/C5H11N3O2S/c1-5(2,3(9)10)8-7-4(6)11/h8H,1-2H3,(H,9,10)(H3,6,7,11). The predicted molar refractivity (Wildman–Crippen MR) is 44.8 cm³/mol. The Morgan fingerprint density at radius 1 is 1.64 bits per heavy atom. The minimum Gasteiger partial charge on any atom is -0.480 e. The fourth-order valence-corrected chi connectivity index (χ4v) is 0.322. The van der Waals surface area contributed by atoms with Crippen molar-refractivity contribution in [3.63, 3.8) is 0 Å². The van der Waals surface area contributed by atoms with Gasteiger partial charge >= 0.3 is 5.97 Å². The van der Waals surface area contributed by atoms with Crippen LogP contribution in [0.5, 0.6) is 0 Å². The summed E-state index contributed by atoms with van der Waals surface area (Å²) in [5, 5.41) is 8.58. The number of carboxylic acids is 1. The molecule has 0 saturated heterocycles. The van der Waals surface area contributed by atoms with Gasteiger partial charge in [0.15, 0.2) is 5.11 Å². The molecule has 5 nitrogen and oxygen atoms in total. The van der Waals surface area contributed by atoms with Crippen molar-refractivity contribution in [2.45, 2.75) is 19.4 Å². The summed E-state index contributed by atoms with van der Waals surface area (Å²) >= 11 is 4.46. The zero-order valence-corrected chi connectivity index (χ0v) is 7.16. The molecule has 11 heavy (non-hydrogen) atoms. The van der Waals surface area contributed by atoms with E-state index in [9.17, 15) is 4.79 Å². The second kappa shape index (κ2) is 3.49. The van der Waals surface area contributed by atoms with Gasteiger partial charge in [-0.25, -0.2) is 5.43 Å². The highest BCUT2D eigenvalue weighted by Gasteiger charge is 2.26. The second-order valence-electron chi connectivity index (χ2n) is 2.54. The van der Waals surface area contributed by atoms with Gasteiger partial charge in [0.2, 0.25) is 0 Å². The maximum absolute atomic E-state index is 10.4. The van der Waals surface area contributed by atoms with E-state index in [0.717, 1.165) is 0 Å². The normalized spacial score (nSPS) is 10.7. The van der Waals surface area contributed by atoms with Crippen LogP contribution in [0.15, 0.2) is 0 Å². The van der Waals surface area contributed by atoms with E-state index >= 15 is 0 Å². The average molecular weight is 177 g/mol. The Morgan fingerprint density at radius 3 is 2.36 bits per heavy atom. The first kappa shape index (κ1) is 10.1. The number of nitrogens with one attached hydrogen (secondary N) is 2. The van der Waals surface area contributed by atoms with Crippen LogP contribution < -0.4 is 16.6 Å². The number of hydrazine groups is 1. The molecule has 0 aliphatic rings. The molecule has 0 aromatic carbocycles. The van der Waals surface area contributed by atoms with Crippen LogP contribution in [0.4, 0.5) is 0 Å². The third kappa shape index (κ3) is 3.74. The fraction of sp³-hybridized carbons (Fsp3) is 0.600. The van der Waals surface area contributed by atoms with Crippen LogP contribution in [0, 0.1) is 0 Å². The summed E-state index contributed by atoms with van der Waals surface area (Å²) in [7, 11) is 0. The van der Waals surface area contributed by atoms with Gasteiger partial charge in [-0.3, -0.25) is 10.2 Å². The molecule has 0 saturated carbocycles. The smallest absolute Gasteiger partial charge is 0.325 e. The van der Waals surface area contributed by atoms with Crippen molar-refractivity contribution in [2.24, 2.45) is 5.73 Å². The lowest BCUT2D eigenvalue weighted by Gasteiger charge is -2.21. The van der Waals surface area contributed by atoms with Gasteiger partial charge in [-0.1, -0.05) is 0 Å².